The molecule has 0 radical (unpaired) electrons. The third-order valence-corrected chi connectivity index (χ3v) is 5.87. The van der Waals surface area contributed by atoms with Crippen LogP contribution in [0.1, 0.15) is 44.4 Å². The molecule has 188 valence electrons. The fourth-order valence-electron chi connectivity index (χ4n) is 4.09. The second-order valence-corrected chi connectivity index (χ2v) is 8.75. The van der Waals surface area contributed by atoms with E-state index < -0.39 is 0 Å². The summed E-state index contributed by atoms with van der Waals surface area (Å²) in [5.41, 5.74) is 3.66. The molecule has 3 heterocycles. The number of hydrogen-bond acceptors (Lipinski definition) is 6. The zero-order chi connectivity index (χ0) is 25.5. The van der Waals surface area contributed by atoms with Gasteiger partial charge in [0.1, 0.15) is 18.0 Å². The monoisotopic (exact) mass is 488 g/mol. The van der Waals surface area contributed by atoms with Gasteiger partial charge in [-0.25, -0.2) is 19.4 Å². The predicted octanol–water partition coefficient (Wildman–Crippen LogP) is 5.97. The van der Waals surface area contributed by atoms with Gasteiger partial charge in [-0.2, -0.15) is 5.10 Å². The molecule has 1 fully saturated rings. The summed E-state index contributed by atoms with van der Waals surface area (Å²) in [6.45, 7) is 7.78. The molecule has 1 aliphatic heterocycles. The standard InChI is InChI=1S/C28H33FN6O/c1-5-6-8-27-34(25-13-11-24(29)12-14-25)15-7-16-35(27)32-21(2)9-10-23-17-26(36-4)28(30-18-23)33-19-22(3)31-20-33/h8-14,17-20H,5-7,15-16H2,1-4H3/b10-9+,27-8+,32-21+. The first-order valence-electron chi connectivity index (χ1n) is 12.3. The van der Waals surface area contributed by atoms with Gasteiger partial charge in [-0.1, -0.05) is 19.4 Å². The highest BCUT2D eigenvalue weighted by atomic mass is 19.1. The fourth-order valence-corrected chi connectivity index (χ4v) is 4.09. The van der Waals surface area contributed by atoms with Crippen LogP contribution in [-0.2, 0) is 0 Å². The topological polar surface area (TPSA) is 58.8 Å². The molecule has 36 heavy (non-hydrogen) atoms. The lowest BCUT2D eigenvalue weighted by Crippen LogP contribution is -2.40. The van der Waals surface area contributed by atoms with Crippen LogP contribution in [0.4, 0.5) is 10.1 Å². The largest absolute Gasteiger partial charge is 0.493 e. The van der Waals surface area contributed by atoms with E-state index in [0.29, 0.717) is 11.6 Å². The Morgan fingerprint density at radius 3 is 2.69 bits per heavy atom. The Morgan fingerprint density at radius 2 is 2.00 bits per heavy atom. The van der Waals surface area contributed by atoms with Gasteiger partial charge >= 0.3 is 0 Å². The number of rotatable bonds is 8. The van der Waals surface area contributed by atoms with Crippen LogP contribution in [0.25, 0.3) is 11.9 Å². The normalized spacial score (nSPS) is 15.8. The van der Waals surface area contributed by atoms with Crippen LogP contribution in [0.2, 0.25) is 0 Å². The van der Waals surface area contributed by atoms with E-state index in [4.69, 9.17) is 9.84 Å². The van der Waals surface area contributed by atoms with Crippen LogP contribution in [0, 0.1) is 12.7 Å². The van der Waals surface area contributed by atoms with Crippen molar-refractivity contribution in [2.45, 2.75) is 40.0 Å². The number of benzene rings is 1. The van der Waals surface area contributed by atoms with E-state index in [9.17, 15) is 4.39 Å². The maximum Gasteiger partial charge on any atom is 0.180 e. The van der Waals surface area contributed by atoms with E-state index in [2.05, 4.69) is 27.9 Å². The Balaban J connectivity index is 1.55. The molecule has 2 aromatic heterocycles. The number of imidazole rings is 1. The summed E-state index contributed by atoms with van der Waals surface area (Å²) < 4.78 is 20.9. The summed E-state index contributed by atoms with van der Waals surface area (Å²) in [4.78, 5) is 11.1. The van der Waals surface area contributed by atoms with Gasteiger partial charge in [0, 0.05) is 31.2 Å². The summed E-state index contributed by atoms with van der Waals surface area (Å²) in [6.07, 6.45) is 14.6. The number of ether oxygens (including phenoxy) is 1. The number of pyridine rings is 1. The van der Waals surface area contributed by atoms with Gasteiger partial charge in [0.05, 0.1) is 18.5 Å². The number of hydrogen-bond donors (Lipinski definition) is 0. The molecule has 1 saturated heterocycles. The van der Waals surface area contributed by atoms with E-state index in [1.54, 1.807) is 19.6 Å². The second kappa shape index (κ2) is 11.7. The number of nitrogens with zero attached hydrogens (tertiary/aromatic N) is 6. The Morgan fingerprint density at radius 1 is 1.19 bits per heavy atom. The molecule has 0 unspecified atom stereocenters. The maximum absolute atomic E-state index is 13.5. The first-order valence-corrected chi connectivity index (χ1v) is 12.3. The SMILES string of the molecule is CCC/C=C1/N(/N=C(C)/C=C/c2cnc(-n3cnc(C)c3)c(OC)c2)CCCN1c1ccc(F)cc1. The van der Waals surface area contributed by atoms with Gasteiger partial charge in [0.15, 0.2) is 11.6 Å². The van der Waals surface area contributed by atoms with Crippen LogP contribution in [-0.4, -0.2) is 45.5 Å². The summed E-state index contributed by atoms with van der Waals surface area (Å²) in [5.74, 6) is 2.16. The summed E-state index contributed by atoms with van der Waals surface area (Å²) in [7, 11) is 1.64. The van der Waals surface area contributed by atoms with Gasteiger partial charge in [-0.15, -0.1) is 0 Å². The quantitative estimate of drug-likeness (QED) is 0.366. The molecule has 1 aliphatic rings. The number of methoxy groups -OCH3 is 1. The van der Waals surface area contributed by atoms with E-state index in [0.717, 1.165) is 60.8 Å². The number of halogens is 1. The van der Waals surface area contributed by atoms with Gasteiger partial charge in [0.2, 0.25) is 0 Å². The highest BCUT2D eigenvalue weighted by Gasteiger charge is 2.23. The average molecular weight is 489 g/mol. The number of anilines is 1. The Bertz CT molecular complexity index is 1260. The van der Waals surface area contributed by atoms with Gasteiger partial charge in [-0.3, -0.25) is 4.57 Å². The molecule has 1 aromatic carbocycles. The Hall–Kier alpha value is -3.94. The smallest absolute Gasteiger partial charge is 0.180 e. The van der Waals surface area contributed by atoms with Crippen LogP contribution in [0.5, 0.6) is 5.75 Å². The molecule has 0 atom stereocenters. The highest BCUT2D eigenvalue weighted by molar-refractivity contribution is 5.96. The summed E-state index contributed by atoms with van der Waals surface area (Å²) >= 11 is 0. The van der Waals surface area contributed by atoms with E-state index in [-0.39, 0.29) is 5.82 Å². The fraction of sp³-hybridized carbons (Fsp3) is 0.321. The van der Waals surface area contributed by atoms with Crippen LogP contribution in [0.15, 0.2) is 72.1 Å². The molecule has 0 saturated carbocycles. The number of hydrazone groups is 1. The van der Waals surface area contributed by atoms with Crippen molar-refractivity contribution in [3.05, 3.63) is 84.1 Å². The Kier molecular flexibility index (Phi) is 8.15. The minimum absolute atomic E-state index is 0.231. The van der Waals surface area contributed by atoms with E-state index in [1.807, 2.05) is 60.0 Å². The van der Waals surface area contributed by atoms with Crippen molar-refractivity contribution in [2.24, 2.45) is 5.10 Å². The molecular weight excluding hydrogens is 455 g/mol. The van der Waals surface area contributed by atoms with Crippen molar-refractivity contribution in [2.75, 3.05) is 25.1 Å². The lowest BCUT2D eigenvalue weighted by atomic mass is 10.2. The van der Waals surface area contributed by atoms with Crippen LogP contribution < -0.4 is 9.64 Å². The number of unbranched alkanes of at least 4 members (excludes halogenated alkanes) is 1. The molecule has 0 bridgehead atoms. The molecule has 0 spiro atoms. The number of allylic oxidation sites excluding steroid dienone is 2. The minimum Gasteiger partial charge on any atom is -0.493 e. The average Bonchev–Trinajstić information content (AvgIpc) is 3.32. The van der Waals surface area contributed by atoms with Gasteiger partial charge in [-0.05, 0) is 74.7 Å². The van der Waals surface area contributed by atoms with Crippen LogP contribution in [0.3, 0.4) is 0 Å². The number of aromatic nitrogens is 3. The van der Waals surface area contributed by atoms with E-state index >= 15 is 0 Å². The number of aryl methyl sites for hydroxylation is 1. The lowest BCUT2D eigenvalue weighted by molar-refractivity contribution is 0.315. The maximum atomic E-state index is 13.5. The molecule has 3 aromatic rings. The summed E-state index contributed by atoms with van der Waals surface area (Å²) in [6, 6.07) is 8.61. The minimum atomic E-state index is -0.231. The van der Waals surface area contributed by atoms with Gasteiger partial charge < -0.3 is 9.64 Å². The zero-order valence-corrected chi connectivity index (χ0v) is 21.4. The predicted molar refractivity (Wildman–Crippen MR) is 143 cm³/mol. The molecule has 7 nitrogen and oxygen atoms in total. The van der Waals surface area contributed by atoms with Crippen molar-refractivity contribution >= 4 is 17.5 Å². The zero-order valence-electron chi connectivity index (χ0n) is 21.4. The van der Waals surface area contributed by atoms with Crippen molar-refractivity contribution in [3.8, 4) is 11.6 Å². The Labute approximate surface area is 212 Å². The van der Waals surface area contributed by atoms with Crippen LogP contribution >= 0.6 is 0 Å². The molecular formula is C28H33FN6O. The highest BCUT2D eigenvalue weighted by Crippen LogP contribution is 2.27. The third kappa shape index (κ3) is 6.00. The molecule has 0 amide bonds. The molecule has 0 aliphatic carbocycles. The second-order valence-electron chi connectivity index (χ2n) is 8.75. The van der Waals surface area contributed by atoms with Crippen molar-refractivity contribution < 1.29 is 9.13 Å². The first-order chi connectivity index (χ1) is 17.5. The third-order valence-electron chi connectivity index (χ3n) is 5.87. The van der Waals surface area contributed by atoms with E-state index in [1.165, 1.54) is 12.1 Å². The van der Waals surface area contributed by atoms with Crippen molar-refractivity contribution in [1.82, 2.24) is 19.5 Å². The summed E-state index contributed by atoms with van der Waals surface area (Å²) in [5, 5.41) is 6.95. The van der Waals surface area contributed by atoms with Gasteiger partial charge in [0.25, 0.3) is 0 Å². The molecule has 4 rings (SSSR count). The molecule has 8 heteroatoms. The lowest BCUT2D eigenvalue weighted by Gasteiger charge is -2.38. The first kappa shape index (κ1) is 25.2. The molecule has 0 N–H and O–H groups in total. The van der Waals surface area contributed by atoms with Crippen molar-refractivity contribution in [1.29, 1.82) is 0 Å². The van der Waals surface area contributed by atoms with Crippen molar-refractivity contribution in [3.63, 3.8) is 0 Å².